The molecule has 94 valence electrons. The highest BCUT2D eigenvalue weighted by atomic mass is 35.5. The molecule has 1 aromatic heterocycles. The van der Waals surface area contributed by atoms with Crippen LogP contribution in [0.5, 0.6) is 0 Å². The van der Waals surface area contributed by atoms with Gasteiger partial charge in [0.05, 0.1) is 12.8 Å². The molecule has 0 radical (unpaired) electrons. The highest BCUT2D eigenvalue weighted by molar-refractivity contribution is 6.30. The minimum atomic E-state index is -1.26. The minimum Gasteiger partial charge on any atom is -0.481 e. The smallest absolute Gasteiger partial charge is 0.320 e. The van der Waals surface area contributed by atoms with Gasteiger partial charge in [0, 0.05) is 19.0 Å². The summed E-state index contributed by atoms with van der Waals surface area (Å²) in [7, 11) is 2.79. The third kappa shape index (κ3) is 2.76. The summed E-state index contributed by atoms with van der Waals surface area (Å²) < 4.78 is 5.88. The number of nitrogens with zero attached hydrogens (tertiary/aromatic N) is 2. The molecule has 1 atom stereocenters. The van der Waals surface area contributed by atoms with Gasteiger partial charge in [-0.05, 0) is 6.92 Å². The number of esters is 1. The molecule has 0 saturated carbocycles. The molecule has 7 heteroatoms. The van der Waals surface area contributed by atoms with Gasteiger partial charge in [0.15, 0.2) is 5.92 Å². The Morgan fingerprint density at radius 3 is 2.53 bits per heavy atom. The Morgan fingerprint density at radius 1 is 1.59 bits per heavy atom. The summed E-state index contributed by atoms with van der Waals surface area (Å²) >= 11 is 5.97. The highest BCUT2D eigenvalue weighted by Crippen LogP contribution is 2.22. The highest BCUT2D eigenvalue weighted by Gasteiger charge is 2.30. The van der Waals surface area contributed by atoms with E-state index < -0.39 is 17.9 Å². The van der Waals surface area contributed by atoms with Crippen molar-refractivity contribution in [3.8, 4) is 0 Å². The number of carboxylic acid groups (broad SMARTS) is 1. The molecule has 1 unspecified atom stereocenters. The Balaban J connectivity index is 3.02. The molecule has 1 rings (SSSR count). The predicted molar refractivity (Wildman–Crippen MR) is 59.8 cm³/mol. The summed E-state index contributed by atoms with van der Waals surface area (Å²) in [4.78, 5) is 22.3. The summed E-state index contributed by atoms with van der Waals surface area (Å²) in [6, 6.07) is 0. The largest absolute Gasteiger partial charge is 0.481 e. The number of methoxy groups -OCH3 is 1. The number of carbonyl (C=O) groups is 2. The van der Waals surface area contributed by atoms with Gasteiger partial charge in [0.25, 0.3) is 0 Å². The summed E-state index contributed by atoms with van der Waals surface area (Å²) in [5, 5.41) is 13.3. The number of halogens is 1. The number of hydrogen-bond acceptors (Lipinski definition) is 4. The fourth-order valence-electron chi connectivity index (χ4n) is 1.52. The van der Waals surface area contributed by atoms with Gasteiger partial charge in [-0.2, -0.15) is 5.10 Å². The Bertz CT molecular complexity index is 455. The minimum absolute atomic E-state index is 0.0273. The summed E-state index contributed by atoms with van der Waals surface area (Å²) in [6.07, 6.45) is -0.0273. The number of aliphatic carboxylic acids is 1. The average molecular weight is 261 g/mol. The molecule has 0 aliphatic rings. The van der Waals surface area contributed by atoms with Crippen molar-refractivity contribution in [1.29, 1.82) is 0 Å². The molecule has 0 aromatic carbocycles. The van der Waals surface area contributed by atoms with Crippen molar-refractivity contribution in [2.45, 2.75) is 13.3 Å². The Labute approximate surface area is 103 Å². The van der Waals surface area contributed by atoms with Gasteiger partial charge in [-0.25, -0.2) is 0 Å². The van der Waals surface area contributed by atoms with Gasteiger partial charge < -0.3 is 9.84 Å². The molecule has 0 aliphatic carbocycles. The standard InChI is InChI=1S/C10H13ClN2O4/c1-5-6(8(11)13(2)12-5)4-7(9(14)15)10(16)17-3/h7H,4H2,1-3H3,(H,14,15). The van der Waals surface area contributed by atoms with E-state index in [1.807, 2.05) is 0 Å². The molecule has 0 spiro atoms. The van der Waals surface area contributed by atoms with Crippen LogP contribution < -0.4 is 0 Å². The van der Waals surface area contributed by atoms with Crippen LogP contribution in [-0.4, -0.2) is 33.9 Å². The molecule has 6 nitrogen and oxygen atoms in total. The van der Waals surface area contributed by atoms with Gasteiger partial charge in [-0.3, -0.25) is 14.3 Å². The maximum Gasteiger partial charge on any atom is 0.320 e. The first-order chi connectivity index (χ1) is 7.88. The lowest BCUT2D eigenvalue weighted by atomic mass is 10.0. The third-order valence-electron chi connectivity index (χ3n) is 2.46. The molecular weight excluding hydrogens is 248 g/mol. The number of hydrogen-bond donors (Lipinski definition) is 1. The number of ether oxygens (including phenoxy) is 1. The Morgan fingerprint density at radius 2 is 2.18 bits per heavy atom. The van der Waals surface area contributed by atoms with Crippen LogP contribution in [-0.2, 0) is 27.8 Å². The van der Waals surface area contributed by atoms with Crippen LogP contribution in [0.25, 0.3) is 0 Å². The molecule has 0 aliphatic heterocycles. The van der Waals surface area contributed by atoms with Gasteiger partial charge in [0.2, 0.25) is 0 Å². The van der Waals surface area contributed by atoms with Crippen LogP contribution in [0, 0.1) is 12.8 Å². The Kier molecular flexibility index (Phi) is 4.11. The molecule has 1 N–H and O–H groups in total. The van der Waals surface area contributed by atoms with Crippen LogP contribution in [0.3, 0.4) is 0 Å². The van der Waals surface area contributed by atoms with Crippen molar-refractivity contribution >= 4 is 23.5 Å². The van der Waals surface area contributed by atoms with E-state index in [0.717, 1.165) is 7.11 Å². The van der Waals surface area contributed by atoms with E-state index in [2.05, 4.69) is 9.84 Å². The van der Waals surface area contributed by atoms with E-state index in [0.29, 0.717) is 16.4 Å². The maximum absolute atomic E-state index is 11.3. The first-order valence-electron chi connectivity index (χ1n) is 4.87. The zero-order chi connectivity index (χ0) is 13.2. The predicted octanol–water partition coefficient (Wildman–Crippen LogP) is 0.798. The molecule has 1 aromatic rings. The molecule has 0 bridgehead atoms. The van der Waals surface area contributed by atoms with Crippen LogP contribution in [0.15, 0.2) is 0 Å². The lowest BCUT2D eigenvalue weighted by Crippen LogP contribution is -2.27. The zero-order valence-electron chi connectivity index (χ0n) is 9.73. The summed E-state index contributed by atoms with van der Waals surface area (Å²) in [5.41, 5.74) is 1.15. The van der Waals surface area contributed by atoms with Gasteiger partial charge in [-0.15, -0.1) is 0 Å². The first-order valence-corrected chi connectivity index (χ1v) is 5.24. The van der Waals surface area contributed by atoms with Crippen LogP contribution >= 0.6 is 11.6 Å². The normalized spacial score (nSPS) is 12.2. The zero-order valence-corrected chi connectivity index (χ0v) is 10.5. The van der Waals surface area contributed by atoms with Crippen molar-refractivity contribution in [3.05, 3.63) is 16.4 Å². The molecule has 0 saturated heterocycles. The lowest BCUT2D eigenvalue weighted by molar-refractivity contribution is -0.156. The van der Waals surface area contributed by atoms with Crippen molar-refractivity contribution in [2.24, 2.45) is 13.0 Å². The van der Waals surface area contributed by atoms with Gasteiger partial charge >= 0.3 is 11.9 Å². The number of rotatable bonds is 4. The molecule has 0 amide bonds. The molecular formula is C10H13ClN2O4. The van der Waals surface area contributed by atoms with Crippen LogP contribution in [0.2, 0.25) is 5.15 Å². The average Bonchev–Trinajstić information content (AvgIpc) is 2.49. The van der Waals surface area contributed by atoms with Crippen LogP contribution in [0.1, 0.15) is 11.3 Å². The van der Waals surface area contributed by atoms with Crippen molar-refractivity contribution in [3.63, 3.8) is 0 Å². The second kappa shape index (κ2) is 5.18. The van der Waals surface area contributed by atoms with E-state index in [4.69, 9.17) is 16.7 Å². The van der Waals surface area contributed by atoms with Gasteiger partial charge in [0.1, 0.15) is 5.15 Å². The van der Waals surface area contributed by atoms with Crippen molar-refractivity contribution < 1.29 is 19.4 Å². The Hall–Kier alpha value is -1.56. The second-order valence-electron chi connectivity index (χ2n) is 3.60. The number of aromatic nitrogens is 2. The van der Waals surface area contributed by atoms with E-state index >= 15 is 0 Å². The summed E-state index contributed by atoms with van der Waals surface area (Å²) in [6.45, 7) is 1.71. The fourth-order valence-corrected chi connectivity index (χ4v) is 1.78. The van der Waals surface area contributed by atoms with E-state index in [1.165, 1.54) is 4.68 Å². The van der Waals surface area contributed by atoms with E-state index in [9.17, 15) is 9.59 Å². The van der Waals surface area contributed by atoms with Crippen LogP contribution in [0.4, 0.5) is 0 Å². The van der Waals surface area contributed by atoms with Crippen molar-refractivity contribution in [2.75, 3.05) is 7.11 Å². The first kappa shape index (κ1) is 13.5. The maximum atomic E-state index is 11.3. The molecule has 1 heterocycles. The topological polar surface area (TPSA) is 81.4 Å². The number of carbonyl (C=O) groups excluding carboxylic acids is 1. The number of carboxylic acids is 1. The molecule has 17 heavy (non-hydrogen) atoms. The van der Waals surface area contributed by atoms with E-state index in [-0.39, 0.29) is 6.42 Å². The lowest BCUT2D eigenvalue weighted by Gasteiger charge is -2.09. The quantitative estimate of drug-likeness (QED) is 0.640. The SMILES string of the molecule is COC(=O)C(Cc1c(C)nn(C)c1Cl)C(=O)O. The fraction of sp³-hybridized carbons (Fsp3) is 0.500. The monoisotopic (exact) mass is 260 g/mol. The summed E-state index contributed by atoms with van der Waals surface area (Å²) in [5.74, 6) is -3.30. The molecule has 0 fully saturated rings. The van der Waals surface area contributed by atoms with Crippen molar-refractivity contribution in [1.82, 2.24) is 9.78 Å². The van der Waals surface area contributed by atoms with E-state index in [1.54, 1.807) is 14.0 Å². The number of aryl methyl sites for hydroxylation is 2. The second-order valence-corrected chi connectivity index (χ2v) is 3.95. The van der Waals surface area contributed by atoms with Gasteiger partial charge in [-0.1, -0.05) is 11.6 Å². The third-order valence-corrected chi connectivity index (χ3v) is 2.93.